The highest BCUT2D eigenvalue weighted by molar-refractivity contribution is 9.09. The molecule has 0 N–H and O–H groups in total. The van der Waals surface area contributed by atoms with E-state index in [2.05, 4.69) is 15.9 Å². The van der Waals surface area contributed by atoms with Crippen LogP contribution in [0.2, 0.25) is 0 Å². The van der Waals surface area contributed by atoms with Gasteiger partial charge in [0, 0.05) is 17.4 Å². The maximum Gasteiger partial charge on any atom is 0.123 e. The molecule has 3 heteroatoms. The molecule has 2 rings (SSSR count). The van der Waals surface area contributed by atoms with E-state index >= 15 is 0 Å². The molecule has 0 radical (unpaired) electrons. The molecule has 1 aliphatic heterocycles. The van der Waals surface area contributed by atoms with Gasteiger partial charge in [0.2, 0.25) is 0 Å². The number of hydrogen-bond donors (Lipinski definition) is 0. The summed E-state index contributed by atoms with van der Waals surface area (Å²) in [5.41, 5.74) is 2.45. The van der Waals surface area contributed by atoms with Crippen LogP contribution in [0.3, 0.4) is 0 Å². The lowest BCUT2D eigenvalue weighted by Gasteiger charge is -2.36. The number of ether oxygens (including phenoxy) is 1. The van der Waals surface area contributed by atoms with E-state index in [0.29, 0.717) is 0 Å². The third kappa shape index (κ3) is 3.08. The standard InChI is InChI=1S/C14H18BrFO/c1-11-7-13(16)4-3-12(11)8-14(9-15)5-2-6-17-10-14/h3-4,7H,2,5-6,8-10H2,1H3. The maximum atomic E-state index is 13.1. The van der Waals surface area contributed by atoms with Crippen LogP contribution in [0, 0.1) is 18.2 Å². The summed E-state index contributed by atoms with van der Waals surface area (Å²) >= 11 is 3.61. The molecule has 0 aromatic heterocycles. The van der Waals surface area contributed by atoms with Crippen molar-refractivity contribution in [2.24, 2.45) is 5.41 Å². The summed E-state index contributed by atoms with van der Waals surface area (Å²) in [6.45, 7) is 3.65. The summed E-state index contributed by atoms with van der Waals surface area (Å²) in [6.07, 6.45) is 3.26. The molecule has 1 saturated heterocycles. The molecule has 94 valence electrons. The predicted molar refractivity (Wildman–Crippen MR) is 71.1 cm³/mol. The second kappa shape index (κ2) is 5.49. The summed E-state index contributed by atoms with van der Waals surface area (Å²) in [7, 11) is 0. The summed E-state index contributed by atoms with van der Waals surface area (Å²) < 4.78 is 18.7. The molecule has 1 fully saturated rings. The molecule has 17 heavy (non-hydrogen) atoms. The molecular formula is C14H18BrFO. The van der Waals surface area contributed by atoms with E-state index in [4.69, 9.17) is 4.74 Å². The molecule has 0 bridgehead atoms. The van der Waals surface area contributed by atoms with Gasteiger partial charge >= 0.3 is 0 Å². The zero-order chi connectivity index (χ0) is 12.3. The minimum absolute atomic E-state index is 0.154. The lowest BCUT2D eigenvalue weighted by Crippen LogP contribution is -2.35. The Morgan fingerprint density at radius 1 is 1.47 bits per heavy atom. The molecule has 1 aliphatic rings. The zero-order valence-corrected chi connectivity index (χ0v) is 11.7. The molecule has 1 atom stereocenters. The Kier molecular flexibility index (Phi) is 4.21. The molecule has 1 aromatic rings. The average molecular weight is 301 g/mol. The van der Waals surface area contributed by atoms with Gasteiger partial charge < -0.3 is 4.74 Å². The number of benzene rings is 1. The van der Waals surface area contributed by atoms with Crippen LogP contribution in [0.5, 0.6) is 0 Å². The fraction of sp³-hybridized carbons (Fsp3) is 0.571. The first kappa shape index (κ1) is 13.0. The van der Waals surface area contributed by atoms with E-state index in [0.717, 1.165) is 36.9 Å². The highest BCUT2D eigenvalue weighted by atomic mass is 79.9. The van der Waals surface area contributed by atoms with Crippen molar-refractivity contribution in [2.45, 2.75) is 26.2 Å². The van der Waals surface area contributed by atoms with Gasteiger partial charge in [-0.15, -0.1) is 0 Å². The molecule has 0 aliphatic carbocycles. The maximum absolute atomic E-state index is 13.1. The van der Waals surface area contributed by atoms with E-state index in [1.165, 1.54) is 12.0 Å². The van der Waals surface area contributed by atoms with Crippen molar-refractivity contribution in [3.63, 3.8) is 0 Å². The van der Waals surface area contributed by atoms with Crippen LogP contribution in [0.1, 0.15) is 24.0 Å². The fourth-order valence-corrected chi connectivity index (χ4v) is 3.10. The monoisotopic (exact) mass is 300 g/mol. The van der Waals surface area contributed by atoms with Crippen molar-refractivity contribution in [2.75, 3.05) is 18.5 Å². The third-order valence-electron chi connectivity index (χ3n) is 3.56. The molecule has 0 amide bonds. The Hall–Kier alpha value is -0.410. The third-order valence-corrected chi connectivity index (χ3v) is 4.75. The van der Waals surface area contributed by atoms with Gasteiger partial charge in [0.15, 0.2) is 0 Å². The van der Waals surface area contributed by atoms with E-state index in [9.17, 15) is 4.39 Å². The van der Waals surface area contributed by atoms with Crippen molar-refractivity contribution < 1.29 is 9.13 Å². The normalized spacial score (nSPS) is 24.9. The molecular weight excluding hydrogens is 283 g/mol. The van der Waals surface area contributed by atoms with Gasteiger partial charge in [-0.25, -0.2) is 4.39 Å². The lowest BCUT2D eigenvalue weighted by atomic mass is 9.78. The molecule has 1 nitrogen and oxygen atoms in total. The molecule has 1 heterocycles. The Balaban J connectivity index is 2.17. The quantitative estimate of drug-likeness (QED) is 0.770. The van der Waals surface area contributed by atoms with Crippen molar-refractivity contribution in [1.29, 1.82) is 0 Å². The van der Waals surface area contributed by atoms with Crippen molar-refractivity contribution >= 4 is 15.9 Å². The van der Waals surface area contributed by atoms with Gasteiger partial charge in [-0.3, -0.25) is 0 Å². The van der Waals surface area contributed by atoms with Crippen LogP contribution < -0.4 is 0 Å². The molecule has 0 spiro atoms. The smallest absolute Gasteiger partial charge is 0.123 e. The molecule has 1 aromatic carbocycles. The Labute approximate surface area is 110 Å². The first-order chi connectivity index (χ1) is 8.15. The van der Waals surface area contributed by atoms with Gasteiger partial charge in [-0.1, -0.05) is 22.0 Å². The minimum atomic E-state index is -0.154. The van der Waals surface area contributed by atoms with Gasteiger partial charge in [0.25, 0.3) is 0 Å². The number of aryl methyl sites for hydroxylation is 1. The second-order valence-electron chi connectivity index (χ2n) is 5.04. The number of alkyl halides is 1. The van der Waals surface area contributed by atoms with E-state index in [1.807, 2.05) is 13.0 Å². The fourth-order valence-electron chi connectivity index (χ4n) is 2.46. The topological polar surface area (TPSA) is 9.23 Å². The summed E-state index contributed by atoms with van der Waals surface area (Å²) in [5, 5.41) is 0.941. The van der Waals surface area contributed by atoms with Crippen molar-refractivity contribution in [3.8, 4) is 0 Å². The van der Waals surface area contributed by atoms with Crippen LogP contribution in [-0.2, 0) is 11.2 Å². The highest BCUT2D eigenvalue weighted by Gasteiger charge is 2.32. The van der Waals surface area contributed by atoms with Crippen LogP contribution in [-0.4, -0.2) is 18.5 Å². The first-order valence-electron chi connectivity index (χ1n) is 6.04. The molecule has 0 saturated carbocycles. The van der Waals surface area contributed by atoms with Crippen LogP contribution in [0.25, 0.3) is 0 Å². The second-order valence-corrected chi connectivity index (χ2v) is 5.60. The van der Waals surface area contributed by atoms with Crippen molar-refractivity contribution in [3.05, 3.63) is 35.1 Å². The Morgan fingerprint density at radius 2 is 2.29 bits per heavy atom. The Morgan fingerprint density at radius 3 is 2.88 bits per heavy atom. The largest absolute Gasteiger partial charge is 0.381 e. The van der Waals surface area contributed by atoms with E-state index in [-0.39, 0.29) is 11.2 Å². The van der Waals surface area contributed by atoms with Crippen LogP contribution in [0.4, 0.5) is 4.39 Å². The summed E-state index contributed by atoms with van der Waals surface area (Å²) in [5.74, 6) is -0.154. The number of halogens is 2. The van der Waals surface area contributed by atoms with E-state index in [1.54, 1.807) is 12.1 Å². The highest BCUT2D eigenvalue weighted by Crippen LogP contribution is 2.35. The number of rotatable bonds is 3. The van der Waals surface area contributed by atoms with Gasteiger partial charge in [-0.2, -0.15) is 0 Å². The number of hydrogen-bond acceptors (Lipinski definition) is 1. The van der Waals surface area contributed by atoms with Gasteiger partial charge in [-0.05, 0) is 49.4 Å². The average Bonchev–Trinajstić information content (AvgIpc) is 2.34. The van der Waals surface area contributed by atoms with Crippen LogP contribution >= 0.6 is 15.9 Å². The molecule has 1 unspecified atom stereocenters. The van der Waals surface area contributed by atoms with Gasteiger partial charge in [0.05, 0.1) is 6.61 Å². The SMILES string of the molecule is Cc1cc(F)ccc1CC1(CBr)CCCOC1. The Bertz CT molecular complexity index is 386. The lowest BCUT2D eigenvalue weighted by molar-refractivity contribution is 0.00608. The predicted octanol–water partition coefficient (Wildman–Crippen LogP) is 3.87. The first-order valence-corrected chi connectivity index (χ1v) is 7.16. The van der Waals surface area contributed by atoms with Crippen molar-refractivity contribution in [1.82, 2.24) is 0 Å². The van der Waals surface area contributed by atoms with E-state index < -0.39 is 0 Å². The van der Waals surface area contributed by atoms with Gasteiger partial charge in [0.1, 0.15) is 5.82 Å². The summed E-state index contributed by atoms with van der Waals surface area (Å²) in [6, 6.07) is 5.07. The van der Waals surface area contributed by atoms with Crippen LogP contribution in [0.15, 0.2) is 18.2 Å². The zero-order valence-electron chi connectivity index (χ0n) is 10.1. The summed E-state index contributed by atoms with van der Waals surface area (Å²) in [4.78, 5) is 0. The minimum Gasteiger partial charge on any atom is -0.381 e.